The van der Waals surface area contributed by atoms with Gasteiger partial charge in [0.05, 0.1) is 38.2 Å². The number of hydrogen-bond acceptors (Lipinski definition) is 8. The number of nitrogens with one attached hydrogen (secondary N) is 1. The van der Waals surface area contributed by atoms with Gasteiger partial charge in [-0.3, -0.25) is 9.59 Å². The highest BCUT2D eigenvalue weighted by Crippen LogP contribution is 2.34. The lowest BCUT2D eigenvalue weighted by molar-refractivity contribution is -0.170. The third-order valence-electron chi connectivity index (χ3n) is 8.73. The number of rotatable bonds is 11. The third-order valence-corrected chi connectivity index (χ3v) is 8.73. The zero-order valence-corrected chi connectivity index (χ0v) is 29.3. The number of methoxy groups -OCH3 is 1. The molecule has 0 radical (unpaired) electrons. The van der Waals surface area contributed by atoms with Crippen LogP contribution in [0.25, 0.3) is 5.69 Å². The molecule has 2 aromatic carbocycles. The first-order valence-corrected chi connectivity index (χ1v) is 16.8. The number of para-hydroxylation sites is 1. The van der Waals surface area contributed by atoms with Crippen LogP contribution in [-0.4, -0.2) is 101 Å². The molecule has 3 amide bonds. The Hall–Kier alpha value is -5.10. The van der Waals surface area contributed by atoms with Crippen molar-refractivity contribution >= 4 is 17.9 Å². The van der Waals surface area contributed by atoms with Gasteiger partial charge < -0.3 is 34.1 Å². The summed E-state index contributed by atoms with van der Waals surface area (Å²) in [6.07, 6.45) is 5.15. The van der Waals surface area contributed by atoms with E-state index < -0.39 is 29.2 Å². The fourth-order valence-electron chi connectivity index (χ4n) is 6.38. The number of nitrogens with zero attached hydrogens (tertiary/aromatic N) is 4. The van der Waals surface area contributed by atoms with E-state index in [4.69, 9.17) is 18.9 Å². The SMILES string of the molecule is C=CCOc1cn(-c2ccccc2)nc1C(=O)N[C@H]1CN(C(=O)C2(CC=C)CN(C(=O)OC(C)(C)C)CCO2)CC[C@H]1c1ccc(OC)cc1. The quantitative estimate of drug-likeness (QED) is 0.275. The number of aromatic nitrogens is 2. The summed E-state index contributed by atoms with van der Waals surface area (Å²) in [5, 5.41) is 7.79. The van der Waals surface area contributed by atoms with E-state index in [1.54, 1.807) is 55.8 Å². The number of morpholine rings is 1. The van der Waals surface area contributed by atoms with Crippen molar-refractivity contribution in [2.75, 3.05) is 46.5 Å². The first-order chi connectivity index (χ1) is 24.0. The van der Waals surface area contributed by atoms with Crippen molar-refractivity contribution in [1.29, 1.82) is 0 Å². The number of carbonyl (C=O) groups is 3. The topological polar surface area (TPSA) is 124 Å². The number of carbonyl (C=O) groups excluding carboxylic acids is 3. The molecule has 0 spiro atoms. The molecule has 3 atom stereocenters. The molecular weight excluding hydrogens is 638 g/mol. The molecular formula is C38H47N5O7. The molecule has 3 heterocycles. The number of amides is 3. The molecule has 1 N–H and O–H groups in total. The Morgan fingerprint density at radius 3 is 2.44 bits per heavy atom. The number of ether oxygens (including phenoxy) is 4. The minimum Gasteiger partial charge on any atom is -0.497 e. The van der Waals surface area contributed by atoms with Crippen molar-refractivity contribution in [3.63, 3.8) is 0 Å². The van der Waals surface area contributed by atoms with E-state index in [9.17, 15) is 14.4 Å². The first kappa shape index (κ1) is 36.2. The highest BCUT2D eigenvalue weighted by molar-refractivity contribution is 5.95. The molecule has 2 saturated heterocycles. The summed E-state index contributed by atoms with van der Waals surface area (Å²) in [5.41, 5.74) is -0.172. The van der Waals surface area contributed by atoms with Gasteiger partial charge in [-0.15, -0.1) is 6.58 Å². The fraction of sp³-hybridized carbons (Fsp3) is 0.421. The smallest absolute Gasteiger partial charge is 0.410 e. The van der Waals surface area contributed by atoms with Gasteiger partial charge in [0.1, 0.15) is 18.0 Å². The molecule has 0 saturated carbocycles. The van der Waals surface area contributed by atoms with E-state index in [0.717, 1.165) is 11.3 Å². The van der Waals surface area contributed by atoms with Crippen LogP contribution in [0.15, 0.2) is 86.1 Å². The van der Waals surface area contributed by atoms with E-state index in [0.29, 0.717) is 31.0 Å². The molecule has 12 heteroatoms. The van der Waals surface area contributed by atoms with Crippen molar-refractivity contribution in [3.8, 4) is 17.2 Å². The van der Waals surface area contributed by atoms with Gasteiger partial charge in [0.2, 0.25) is 0 Å². The van der Waals surface area contributed by atoms with Gasteiger partial charge in [-0.2, -0.15) is 5.10 Å². The van der Waals surface area contributed by atoms with Crippen molar-refractivity contribution in [3.05, 3.63) is 97.4 Å². The molecule has 50 heavy (non-hydrogen) atoms. The number of piperidine rings is 1. The number of likely N-dealkylation sites (tertiary alicyclic amines) is 1. The highest BCUT2D eigenvalue weighted by Gasteiger charge is 2.48. The Balaban J connectivity index is 1.43. The van der Waals surface area contributed by atoms with Gasteiger partial charge in [-0.1, -0.05) is 49.1 Å². The van der Waals surface area contributed by atoms with Crippen LogP contribution in [-0.2, 0) is 14.3 Å². The maximum Gasteiger partial charge on any atom is 0.410 e. The maximum atomic E-state index is 14.5. The largest absolute Gasteiger partial charge is 0.497 e. The second-order valence-electron chi connectivity index (χ2n) is 13.5. The average molecular weight is 686 g/mol. The maximum absolute atomic E-state index is 14.5. The molecule has 5 rings (SSSR count). The highest BCUT2D eigenvalue weighted by atomic mass is 16.6. The van der Waals surface area contributed by atoms with E-state index >= 15 is 0 Å². The van der Waals surface area contributed by atoms with Crippen LogP contribution in [0.3, 0.4) is 0 Å². The lowest BCUT2D eigenvalue weighted by Gasteiger charge is -2.46. The molecule has 12 nitrogen and oxygen atoms in total. The van der Waals surface area contributed by atoms with Crippen LogP contribution < -0.4 is 14.8 Å². The molecule has 0 aliphatic carbocycles. The summed E-state index contributed by atoms with van der Waals surface area (Å²) in [6.45, 7) is 14.3. The van der Waals surface area contributed by atoms with Crippen LogP contribution in [0.1, 0.15) is 55.6 Å². The Morgan fingerprint density at radius 2 is 1.78 bits per heavy atom. The second kappa shape index (κ2) is 15.6. The minimum absolute atomic E-state index is 0.0170. The molecule has 266 valence electrons. The lowest BCUT2D eigenvalue weighted by atomic mass is 9.84. The molecule has 0 bridgehead atoms. The summed E-state index contributed by atoms with van der Waals surface area (Å²) in [7, 11) is 1.61. The van der Waals surface area contributed by atoms with Gasteiger partial charge in [0, 0.05) is 32.0 Å². The summed E-state index contributed by atoms with van der Waals surface area (Å²) >= 11 is 0. The van der Waals surface area contributed by atoms with Crippen LogP contribution >= 0.6 is 0 Å². The molecule has 1 unspecified atom stereocenters. The van der Waals surface area contributed by atoms with Crippen LogP contribution in [0.5, 0.6) is 11.5 Å². The molecule has 2 fully saturated rings. The van der Waals surface area contributed by atoms with Crippen LogP contribution in [0, 0.1) is 0 Å². The van der Waals surface area contributed by atoms with E-state index in [1.807, 2.05) is 54.6 Å². The third kappa shape index (κ3) is 8.36. The van der Waals surface area contributed by atoms with Crippen LogP contribution in [0.4, 0.5) is 4.79 Å². The van der Waals surface area contributed by atoms with Crippen molar-refractivity contribution in [2.24, 2.45) is 0 Å². The van der Waals surface area contributed by atoms with Crippen molar-refractivity contribution in [2.45, 2.75) is 56.8 Å². The number of hydrogen-bond donors (Lipinski definition) is 1. The molecule has 2 aliphatic rings. The Bertz CT molecular complexity index is 1670. The van der Waals surface area contributed by atoms with Gasteiger partial charge in [0.15, 0.2) is 17.0 Å². The predicted molar refractivity (Wildman–Crippen MR) is 189 cm³/mol. The van der Waals surface area contributed by atoms with Crippen molar-refractivity contribution < 1.29 is 33.3 Å². The second-order valence-corrected chi connectivity index (χ2v) is 13.5. The van der Waals surface area contributed by atoms with Gasteiger partial charge in [0.25, 0.3) is 11.8 Å². The van der Waals surface area contributed by atoms with Crippen molar-refractivity contribution in [1.82, 2.24) is 24.9 Å². The zero-order chi connectivity index (χ0) is 35.9. The normalized spacial score (nSPS) is 20.8. The van der Waals surface area contributed by atoms with E-state index in [2.05, 4.69) is 23.6 Å². The van der Waals surface area contributed by atoms with Gasteiger partial charge in [-0.25, -0.2) is 9.48 Å². The summed E-state index contributed by atoms with van der Waals surface area (Å²) < 4.78 is 24.7. The Labute approximate surface area is 293 Å². The summed E-state index contributed by atoms with van der Waals surface area (Å²) in [5.74, 6) is 0.166. The zero-order valence-electron chi connectivity index (χ0n) is 29.3. The Morgan fingerprint density at radius 1 is 1.04 bits per heavy atom. The predicted octanol–water partition coefficient (Wildman–Crippen LogP) is 5.14. The average Bonchev–Trinajstić information content (AvgIpc) is 3.55. The molecule has 2 aliphatic heterocycles. The van der Waals surface area contributed by atoms with E-state index in [1.165, 1.54) is 4.90 Å². The van der Waals surface area contributed by atoms with Gasteiger partial charge >= 0.3 is 6.09 Å². The molecule has 1 aromatic heterocycles. The van der Waals surface area contributed by atoms with E-state index in [-0.39, 0.29) is 50.2 Å². The number of benzene rings is 2. The van der Waals surface area contributed by atoms with Crippen LogP contribution in [0.2, 0.25) is 0 Å². The minimum atomic E-state index is -1.35. The monoisotopic (exact) mass is 685 g/mol. The summed E-state index contributed by atoms with van der Waals surface area (Å²) in [6, 6.07) is 16.6. The standard InChI is InChI=1S/C38H47N5O7/c1-7-19-38(26-42(21-23-49-38)36(46)50-37(3,4)5)35(45)41-20-18-30(27-14-16-29(47-6)17-15-27)31(24-41)39-34(44)33-32(48-22-8-2)25-43(40-33)28-12-10-9-11-13-28/h7-17,25,30-31H,1-2,18-24,26H2,3-6H3,(H,39,44)/t30-,31-,38?/m0/s1. The lowest BCUT2D eigenvalue weighted by Crippen LogP contribution is -2.64. The fourth-order valence-corrected chi connectivity index (χ4v) is 6.38. The molecule has 3 aromatic rings. The van der Waals surface area contributed by atoms with Gasteiger partial charge in [-0.05, 0) is 57.0 Å². The first-order valence-electron chi connectivity index (χ1n) is 16.8. The summed E-state index contributed by atoms with van der Waals surface area (Å²) in [4.78, 5) is 44.9. The Kier molecular flexibility index (Phi) is 11.3.